The van der Waals surface area contributed by atoms with E-state index in [0.717, 1.165) is 31.1 Å². The highest BCUT2D eigenvalue weighted by Gasteiger charge is 2.11. The van der Waals surface area contributed by atoms with Gasteiger partial charge in [0.15, 0.2) is 0 Å². The predicted molar refractivity (Wildman–Crippen MR) is 76.5 cm³/mol. The number of carbonyl (C=O) groups excluding carboxylic acids is 1. The highest BCUT2D eigenvalue weighted by atomic mass is 16.5. The van der Waals surface area contributed by atoms with Crippen LogP contribution in [-0.4, -0.2) is 37.6 Å². The number of likely N-dealkylation sites (tertiary alicyclic amines) is 1. The maximum atomic E-state index is 11.9. The predicted octanol–water partition coefficient (Wildman–Crippen LogP) is 2.51. The van der Waals surface area contributed by atoms with Crippen molar-refractivity contribution in [1.82, 2.24) is 4.90 Å². The molecule has 104 valence electrons. The summed E-state index contributed by atoms with van der Waals surface area (Å²) in [5, 5.41) is 2.91. The van der Waals surface area contributed by atoms with Crippen molar-refractivity contribution >= 4 is 11.6 Å². The number of benzene rings is 1. The summed E-state index contributed by atoms with van der Waals surface area (Å²) in [6.45, 7) is 3.12. The second-order valence-electron chi connectivity index (χ2n) is 4.93. The zero-order chi connectivity index (χ0) is 13.5. The summed E-state index contributed by atoms with van der Waals surface area (Å²) in [5.74, 6) is 0.827. The van der Waals surface area contributed by atoms with Crippen LogP contribution in [0.1, 0.15) is 25.7 Å². The molecule has 0 atom stereocenters. The molecule has 1 aromatic carbocycles. The Kier molecular flexibility index (Phi) is 5.21. The summed E-state index contributed by atoms with van der Waals surface area (Å²) in [6.07, 6.45) is 4.40. The number of rotatable bonds is 5. The Labute approximate surface area is 114 Å². The van der Waals surface area contributed by atoms with Crippen LogP contribution in [0.2, 0.25) is 0 Å². The Morgan fingerprint density at radius 1 is 1.32 bits per heavy atom. The summed E-state index contributed by atoms with van der Waals surface area (Å²) in [6, 6.07) is 7.45. The summed E-state index contributed by atoms with van der Waals surface area (Å²) in [7, 11) is 1.62. The molecule has 1 fully saturated rings. The molecule has 1 aliphatic heterocycles. The van der Waals surface area contributed by atoms with Crippen LogP contribution >= 0.6 is 0 Å². The third-order valence-corrected chi connectivity index (χ3v) is 3.46. The van der Waals surface area contributed by atoms with Crippen LogP contribution in [0.25, 0.3) is 0 Å². The van der Waals surface area contributed by atoms with Gasteiger partial charge in [-0.15, -0.1) is 0 Å². The summed E-state index contributed by atoms with van der Waals surface area (Å²) < 4.78 is 5.13. The highest BCUT2D eigenvalue weighted by Crippen LogP contribution is 2.17. The van der Waals surface area contributed by atoms with Crippen LogP contribution in [0, 0.1) is 0 Å². The van der Waals surface area contributed by atoms with Crippen LogP contribution < -0.4 is 10.1 Å². The molecule has 1 saturated heterocycles. The molecule has 2 rings (SSSR count). The molecule has 0 aromatic heterocycles. The number of amides is 1. The van der Waals surface area contributed by atoms with Crippen molar-refractivity contribution in [3.05, 3.63) is 24.3 Å². The van der Waals surface area contributed by atoms with E-state index in [1.54, 1.807) is 7.11 Å². The molecule has 0 aliphatic carbocycles. The van der Waals surface area contributed by atoms with E-state index in [-0.39, 0.29) is 5.91 Å². The van der Waals surface area contributed by atoms with Gasteiger partial charge in [-0.25, -0.2) is 0 Å². The van der Waals surface area contributed by atoms with E-state index in [0.29, 0.717) is 6.42 Å². The third kappa shape index (κ3) is 4.56. The van der Waals surface area contributed by atoms with E-state index in [2.05, 4.69) is 10.2 Å². The highest BCUT2D eigenvalue weighted by molar-refractivity contribution is 5.90. The zero-order valence-corrected chi connectivity index (χ0v) is 11.5. The Balaban J connectivity index is 1.76. The third-order valence-electron chi connectivity index (χ3n) is 3.46. The van der Waals surface area contributed by atoms with Crippen LogP contribution in [0.3, 0.4) is 0 Å². The smallest absolute Gasteiger partial charge is 0.225 e. The molecule has 4 heteroatoms. The number of anilines is 1. The Morgan fingerprint density at radius 3 is 2.84 bits per heavy atom. The number of piperidine rings is 1. The fourth-order valence-corrected chi connectivity index (χ4v) is 2.37. The molecule has 0 bridgehead atoms. The van der Waals surface area contributed by atoms with E-state index in [1.807, 2.05) is 24.3 Å². The Bertz CT molecular complexity index is 414. The average molecular weight is 262 g/mol. The number of carbonyl (C=O) groups is 1. The van der Waals surface area contributed by atoms with Gasteiger partial charge in [-0.3, -0.25) is 4.79 Å². The van der Waals surface area contributed by atoms with E-state index >= 15 is 0 Å². The van der Waals surface area contributed by atoms with Gasteiger partial charge in [-0.1, -0.05) is 12.5 Å². The normalized spacial score (nSPS) is 16.1. The first-order valence-electron chi connectivity index (χ1n) is 6.94. The first kappa shape index (κ1) is 13.9. The number of methoxy groups -OCH3 is 1. The summed E-state index contributed by atoms with van der Waals surface area (Å²) in [5.41, 5.74) is 0.794. The first-order valence-corrected chi connectivity index (χ1v) is 6.94. The monoisotopic (exact) mass is 262 g/mol. The lowest BCUT2D eigenvalue weighted by Crippen LogP contribution is -2.32. The molecule has 4 nitrogen and oxygen atoms in total. The molecule has 0 radical (unpaired) electrons. The average Bonchev–Trinajstić information content (AvgIpc) is 2.46. The molecule has 0 saturated carbocycles. The molecule has 1 heterocycles. The fourth-order valence-electron chi connectivity index (χ4n) is 2.37. The number of nitrogens with zero attached hydrogens (tertiary/aromatic N) is 1. The Hall–Kier alpha value is -1.55. The lowest BCUT2D eigenvalue weighted by Gasteiger charge is -2.25. The standard InChI is InChI=1S/C15H22N2O2/c1-19-14-7-5-6-13(12-14)16-15(18)8-11-17-9-3-2-4-10-17/h5-7,12H,2-4,8-11H2,1H3,(H,16,18). The molecule has 19 heavy (non-hydrogen) atoms. The number of ether oxygens (including phenoxy) is 1. The molecule has 1 aromatic rings. The van der Waals surface area contributed by atoms with E-state index in [9.17, 15) is 4.79 Å². The zero-order valence-electron chi connectivity index (χ0n) is 11.5. The second-order valence-corrected chi connectivity index (χ2v) is 4.93. The van der Waals surface area contributed by atoms with Gasteiger partial charge in [0.2, 0.25) is 5.91 Å². The lowest BCUT2D eigenvalue weighted by molar-refractivity contribution is -0.116. The lowest BCUT2D eigenvalue weighted by atomic mass is 10.1. The van der Waals surface area contributed by atoms with Crippen molar-refractivity contribution in [2.45, 2.75) is 25.7 Å². The SMILES string of the molecule is COc1cccc(NC(=O)CCN2CCCCC2)c1. The molecular formula is C15H22N2O2. The van der Waals surface area contributed by atoms with Gasteiger partial charge >= 0.3 is 0 Å². The van der Waals surface area contributed by atoms with Crippen molar-refractivity contribution in [3.63, 3.8) is 0 Å². The van der Waals surface area contributed by atoms with Gasteiger partial charge in [0, 0.05) is 24.7 Å². The topological polar surface area (TPSA) is 41.6 Å². The van der Waals surface area contributed by atoms with Gasteiger partial charge in [0.1, 0.15) is 5.75 Å². The van der Waals surface area contributed by atoms with Gasteiger partial charge in [-0.2, -0.15) is 0 Å². The van der Waals surface area contributed by atoms with Crippen LogP contribution in [0.4, 0.5) is 5.69 Å². The van der Waals surface area contributed by atoms with E-state index in [4.69, 9.17) is 4.74 Å². The largest absolute Gasteiger partial charge is 0.497 e. The maximum absolute atomic E-state index is 11.9. The molecule has 0 unspecified atom stereocenters. The van der Waals surface area contributed by atoms with Crippen molar-refractivity contribution in [2.75, 3.05) is 32.1 Å². The number of hydrogen-bond acceptors (Lipinski definition) is 3. The van der Waals surface area contributed by atoms with Crippen molar-refractivity contribution < 1.29 is 9.53 Å². The maximum Gasteiger partial charge on any atom is 0.225 e. The van der Waals surface area contributed by atoms with Crippen molar-refractivity contribution in [2.24, 2.45) is 0 Å². The number of nitrogens with one attached hydrogen (secondary N) is 1. The van der Waals surface area contributed by atoms with Crippen molar-refractivity contribution in [1.29, 1.82) is 0 Å². The number of hydrogen-bond donors (Lipinski definition) is 1. The molecule has 1 N–H and O–H groups in total. The minimum absolute atomic E-state index is 0.0684. The quantitative estimate of drug-likeness (QED) is 0.886. The van der Waals surface area contributed by atoms with Gasteiger partial charge in [0.05, 0.1) is 7.11 Å². The van der Waals surface area contributed by atoms with Gasteiger partial charge < -0.3 is 15.0 Å². The van der Waals surface area contributed by atoms with Gasteiger partial charge in [0.25, 0.3) is 0 Å². The van der Waals surface area contributed by atoms with Gasteiger partial charge in [-0.05, 0) is 38.1 Å². The fraction of sp³-hybridized carbons (Fsp3) is 0.533. The van der Waals surface area contributed by atoms with E-state index in [1.165, 1.54) is 19.3 Å². The Morgan fingerprint density at radius 2 is 2.11 bits per heavy atom. The minimum Gasteiger partial charge on any atom is -0.497 e. The van der Waals surface area contributed by atoms with E-state index < -0.39 is 0 Å². The van der Waals surface area contributed by atoms with Crippen LogP contribution in [0.5, 0.6) is 5.75 Å². The first-order chi connectivity index (χ1) is 9.28. The summed E-state index contributed by atoms with van der Waals surface area (Å²) >= 11 is 0. The minimum atomic E-state index is 0.0684. The molecule has 0 spiro atoms. The van der Waals surface area contributed by atoms with Crippen LogP contribution in [-0.2, 0) is 4.79 Å². The molecule has 1 aliphatic rings. The molecular weight excluding hydrogens is 240 g/mol. The molecule has 1 amide bonds. The van der Waals surface area contributed by atoms with Crippen molar-refractivity contribution in [3.8, 4) is 5.75 Å². The summed E-state index contributed by atoms with van der Waals surface area (Å²) in [4.78, 5) is 14.2. The second kappa shape index (κ2) is 7.14. The van der Waals surface area contributed by atoms with Crippen LogP contribution in [0.15, 0.2) is 24.3 Å².